The lowest BCUT2D eigenvalue weighted by atomic mass is 10.1. The first kappa shape index (κ1) is 23.0. The van der Waals surface area contributed by atoms with Crippen LogP contribution in [0.5, 0.6) is 17.4 Å². The number of methoxy groups -OCH3 is 1. The zero-order chi connectivity index (χ0) is 24.9. The Morgan fingerprint density at radius 1 is 0.944 bits per heavy atom. The third-order valence-corrected chi connectivity index (χ3v) is 5.75. The maximum Gasteiger partial charge on any atom is 0.261 e. The first-order valence-electron chi connectivity index (χ1n) is 11.4. The van der Waals surface area contributed by atoms with E-state index >= 15 is 0 Å². The summed E-state index contributed by atoms with van der Waals surface area (Å²) in [6.45, 7) is 0.863. The van der Waals surface area contributed by atoms with Crippen molar-refractivity contribution in [3.8, 4) is 17.4 Å². The maximum atomic E-state index is 13.0. The minimum Gasteiger partial charge on any atom is -0.496 e. The lowest BCUT2D eigenvalue weighted by Crippen LogP contribution is -2.36. The van der Waals surface area contributed by atoms with E-state index in [4.69, 9.17) is 9.47 Å². The number of para-hydroxylation sites is 2. The Kier molecular flexibility index (Phi) is 6.53. The molecule has 180 valence electrons. The van der Waals surface area contributed by atoms with E-state index in [-0.39, 0.29) is 17.8 Å². The molecular weight excluding hydrogens is 458 g/mol. The van der Waals surface area contributed by atoms with E-state index in [2.05, 4.69) is 20.3 Å². The van der Waals surface area contributed by atoms with Gasteiger partial charge in [0.15, 0.2) is 0 Å². The lowest BCUT2D eigenvalue weighted by Gasteiger charge is -2.28. The molecule has 2 aromatic carbocycles. The second-order valence-corrected chi connectivity index (χ2v) is 8.10. The van der Waals surface area contributed by atoms with Gasteiger partial charge in [-0.25, -0.2) is 15.0 Å². The highest BCUT2D eigenvalue weighted by Gasteiger charge is 2.24. The first-order valence-corrected chi connectivity index (χ1v) is 11.4. The number of hydrogen-bond acceptors (Lipinski definition) is 7. The van der Waals surface area contributed by atoms with Crippen molar-refractivity contribution in [3.05, 3.63) is 102 Å². The molecule has 1 aliphatic heterocycles. The molecule has 36 heavy (non-hydrogen) atoms. The molecule has 9 nitrogen and oxygen atoms in total. The summed E-state index contributed by atoms with van der Waals surface area (Å²) in [4.78, 5) is 40.5. The van der Waals surface area contributed by atoms with Gasteiger partial charge in [0.25, 0.3) is 11.8 Å². The number of amides is 2. The fraction of sp³-hybridized carbons (Fsp3) is 0.148. The zero-order valence-corrected chi connectivity index (χ0v) is 19.5. The van der Waals surface area contributed by atoms with Crippen LogP contribution in [0.1, 0.15) is 32.0 Å². The van der Waals surface area contributed by atoms with E-state index in [0.717, 1.165) is 11.3 Å². The van der Waals surface area contributed by atoms with Gasteiger partial charge in [-0.05, 0) is 30.3 Å². The van der Waals surface area contributed by atoms with Crippen LogP contribution in [0.3, 0.4) is 0 Å². The second-order valence-electron chi connectivity index (χ2n) is 8.10. The van der Waals surface area contributed by atoms with E-state index in [1.165, 1.54) is 13.3 Å². The summed E-state index contributed by atoms with van der Waals surface area (Å²) >= 11 is 0. The topological polar surface area (TPSA) is 107 Å². The van der Waals surface area contributed by atoms with Crippen molar-refractivity contribution >= 4 is 17.8 Å². The Morgan fingerprint density at radius 2 is 1.75 bits per heavy atom. The zero-order valence-electron chi connectivity index (χ0n) is 19.5. The number of aromatic nitrogens is 3. The average molecular weight is 482 g/mol. The Morgan fingerprint density at radius 3 is 2.53 bits per heavy atom. The highest BCUT2D eigenvalue weighted by molar-refractivity contribution is 6.05. The smallest absolute Gasteiger partial charge is 0.261 e. The molecular formula is C27H23N5O4. The summed E-state index contributed by atoms with van der Waals surface area (Å²) in [6.07, 6.45) is 3.71. The maximum absolute atomic E-state index is 13.0. The van der Waals surface area contributed by atoms with Crippen molar-refractivity contribution in [2.75, 3.05) is 19.0 Å². The van der Waals surface area contributed by atoms with Gasteiger partial charge in [0.05, 0.1) is 23.9 Å². The number of rotatable bonds is 6. The summed E-state index contributed by atoms with van der Waals surface area (Å²) in [6, 6.07) is 19.7. The standard InChI is InChI=1S/C27H23N5O4/c1-35-23-10-6-5-9-21(23)25(33)31-27-29-16-19-17-32(14-13-22(19)30-27)26(34)18-11-12-24(28-15-18)36-20-7-3-2-4-8-20/h2-12,15-16H,13-14,17H2,1H3,(H,29,30,31,33). The van der Waals surface area contributed by atoms with Gasteiger partial charge in [0.1, 0.15) is 11.5 Å². The number of anilines is 1. The van der Waals surface area contributed by atoms with E-state index in [0.29, 0.717) is 48.0 Å². The number of hydrogen-bond donors (Lipinski definition) is 1. The predicted molar refractivity (Wildman–Crippen MR) is 132 cm³/mol. The average Bonchev–Trinajstić information content (AvgIpc) is 2.93. The largest absolute Gasteiger partial charge is 0.496 e. The van der Waals surface area contributed by atoms with Crippen molar-refractivity contribution in [1.29, 1.82) is 0 Å². The van der Waals surface area contributed by atoms with Gasteiger partial charge >= 0.3 is 0 Å². The van der Waals surface area contributed by atoms with Gasteiger partial charge in [-0.3, -0.25) is 14.9 Å². The second kappa shape index (κ2) is 10.2. The summed E-state index contributed by atoms with van der Waals surface area (Å²) in [5, 5.41) is 2.72. The van der Waals surface area contributed by atoms with Crippen LogP contribution in [0.25, 0.3) is 0 Å². The Hall–Kier alpha value is -4.79. The third-order valence-electron chi connectivity index (χ3n) is 5.75. The Labute approximate surface area is 207 Å². The molecule has 9 heteroatoms. The molecule has 0 bridgehead atoms. The Balaban J connectivity index is 1.23. The van der Waals surface area contributed by atoms with E-state index < -0.39 is 0 Å². The molecule has 2 aromatic heterocycles. The molecule has 1 aliphatic rings. The molecule has 0 aliphatic carbocycles. The fourth-order valence-corrected chi connectivity index (χ4v) is 3.91. The Bertz CT molecular complexity index is 1390. The van der Waals surface area contributed by atoms with Crippen molar-refractivity contribution in [2.45, 2.75) is 13.0 Å². The highest BCUT2D eigenvalue weighted by Crippen LogP contribution is 2.23. The molecule has 0 saturated carbocycles. The number of benzene rings is 2. The van der Waals surface area contributed by atoms with Crippen molar-refractivity contribution in [1.82, 2.24) is 19.9 Å². The molecule has 0 fully saturated rings. The third kappa shape index (κ3) is 5.00. The normalized spacial score (nSPS) is 12.4. The van der Waals surface area contributed by atoms with Gasteiger partial charge in [-0.2, -0.15) is 0 Å². The number of nitrogens with zero attached hydrogens (tertiary/aromatic N) is 4. The van der Waals surface area contributed by atoms with Crippen LogP contribution in [-0.4, -0.2) is 45.3 Å². The summed E-state index contributed by atoms with van der Waals surface area (Å²) in [5.74, 6) is 1.28. The van der Waals surface area contributed by atoms with E-state index in [9.17, 15) is 9.59 Å². The summed E-state index contributed by atoms with van der Waals surface area (Å²) in [7, 11) is 1.51. The summed E-state index contributed by atoms with van der Waals surface area (Å²) < 4.78 is 10.9. The molecule has 0 atom stereocenters. The van der Waals surface area contributed by atoms with Crippen LogP contribution < -0.4 is 14.8 Å². The van der Waals surface area contributed by atoms with Crippen molar-refractivity contribution < 1.29 is 19.1 Å². The number of ether oxygens (including phenoxy) is 2. The molecule has 5 rings (SSSR count). The molecule has 4 aromatic rings. The molecule has 2 amide bonds. The molecule has 0 radical (unpaired) electrons. The van der Waals surface area contributed by atoms with Gasteiger partial charge in [-0.15, -0.1) is 0 Å². The number of pyridine rings is 1. The van der Waals surface area contributed by atoms with Crippen LogP contribution in [0, 0.1) is 0 Å². The summed E-state index contributed by atoms with van der Waals surface area (Å²) in [5.41, 5.74) is 2.50. The van der Waals surface area contributed by atoms with Gasteiger partial charge in [-0.1, -0.05) is 30.3 Å². The van der Waals surface area contributed by atoms with E-state index in [1.54, 1.807) is 47.5 Å². The monoisotopic (exact) mass is 481 g/mol. The molecule has 1 N–H and O–H groups in total. The molecule has 0 spiro atoms. The molecule has 0 unspecified atom stereocenters. The van der Waals surface area contributed by atoms with Crippen LogP contribution in [-0.2, 0) is 13.0 Å². The van der Waals surface area contributed by atoms with Crippen LogP contribution in [0.2, 0.25) is 0 Å². The number of carbonyl (C=O) groups excluding carboxylic acids is 2. The fourth-order valence-electron chi connectivity index (χ4n) is 3.91. The number of nitrogens with one attached hydrogen (secondary N) is 1. The first-order chi connectivity index (χ1) is 17.6. The van der Waals surface area contributed by atoms with Crippen molar-refractivity contribution in [2.24, 2.45) is 0 Å². The highest BCUT2D eigenvalue weighted by atomic mass is 16.5. The van der Waals surface area contributed by atoms with Gasteiger partial charge in [0.2, 0.25) is 11.8 Å². The van der Waals surface area contributed by atoms with Crippen LogP contribution in [0.15, 0.2) is 79.1 Å². The SMILES string of the molecule is COc1ccccc1C(=O)Nc1ncc2c(n1)CCN(C(=O)c1ccc(Oc3ccccc3)nc1)C2. The van der Waals surface area contributed by atoms with Gasteiger partial charge in [0, 0.05) is 43.5 Å². The molecule has 0 saturated heterocycles. The van der Waals surface area contributed by atoms with Gasteiger partial charge < -0.3 is 14.4 Å². The van der Waals surface area contributed by atoms with Crippen LogP contribution in [0.4, 0.5) is 5.95 Å². The molecule has 3 heterocycles. The predicted octanol–water partition coefficient (Wildman–Crippen LogP) is 4.12. The number of fused-ring (bicyclic) bond motifs is 1. The van der Waals surface area contributed by atoms with E-state index in [1.807, 2.05) is 30.3 Å². The lowest BCUT2D eigenvalue weighted by molar-refractivity contribution is 0.0733. The van der Waals surface area contributed by atoms with Crippen molar-refractivity contribution in [3.63, 3.8) is 0 Å². The van der Waals surface area contributed by atoms with Crippen LogP contribution >= 0.6 is 0 Å². The number of carbonyl (C=O) groups is 2. The quantitative estimate of drug-likeness (QED) is 0.441. The minimum absolute atomic E-state index is 0.132. The minimum atomic E-state index is -0.354.